The number of methoxy groups -OCH3 is 1. The van der Waals surface area contributed by atoms with Crippen LogP contribution in [0, 0.1) is 0 Å². The number of hydrogen-bond donors (Lipinski definition) is 1. The Bertz CT molecular complexity index is 881. The first-order chi connectivity index (χ1) is 14.7. The topological polar surface area (TPSA) is 96.1 Å². The Hall–Kier alpha value is -3.04. The molecule has 0 aliphatic heterocycles. The maximum Gasteiger partial charge on any atom is 0.251 e. The lowest BCUT2D eigenvalue weighted by atomic mass is 9.92. The van der Waals surface area contributed by atoms with Gasteiger partial charge in [-0.05, 0) is 37.8 Å². The molecule has 3 heterocycles. The quantitative estimate of drug-likeness (QED) is 0.572. The first kappa shape index (κ1) is 20.2. The minimum Gasteiger partial charge on any atom is -0.382 e. The van der Waals surface area contributed by atoms with Crippen LogP contribution in [-0.4, -0.2) is 62.5 Å². The van der Waals surface area contributed by atoms with Crippen molar-refractivity contribution in [3.63, 3.8) is 0 Å². The Morgan fingerprint density at radius 1 is 1.03 bits per heavy atom. The monoisotopic (exact) mass is 410 g/mol. The van der Waals surface area contributed by atoms with E-state index in [2.05, 4.69) is 20.3 Å². The maximum absolute atomic E-state index is 13.0. The number of ether oxygens (including phenoxy) is 2. The molecule has 1 aliphatic carbocycles. The van der Waals surface area contributed by atoms with Crippen LogP contribution in [0.25, 0.3) is 11.6 Å². The molecule has 0 unspecified atom stereocenters. The minimum atomic E-state index is -0.108. The zero-order valence-corrected chi connectivity index (χ0v) is 17.0. The van der Waals surface area contributed by atoms with Gasteiger partial charge in [-0.15, -0.1) is 0 Å². The number of pyridine rings is 1. The van der Waals surface area contributed by atoms with E-state index in [1.54, 1.807) is 65.8 Å². The van der Waals surface area contributed by atoms with E-state index in [9.17, 15) is 4.79 Å². The maximum atomic E-state index is 13.0. The fourth-order valence-electron chi connectivity index (χ4n) is 3.63. The Balaban J connectivity index is 1.45. The Morgan fingerprint density at radius 3 is 2.20 bits per heavy atom. The van der Waals surface area contributed by atoms with E-state index >= 15 is 0 Å². The first-order valence-electron chi connectivity index (χ1n) is 10.1. The molecule has 1 fully saturated rings. The van der Waals surface area contributed by atoms with Gasteiger partial charge in [0, 0.05) is 43.5 Å². The average molecular weight is 410 g/mol. The Morgan fingerprint density at radius 2 is 1.67 bits per heavy atom. The molecular formula is C21H26N6O3. The van der Waals surface area contributed by atoms with Crippen LogP contribution in [0.15, 0.2) is 49.6 Å². The molecular weight excluding hydrogens is 384 g/mol. The van der Waals surface area contributed by atoms with E-state index < -0.39 is 0 Å². The minimum absolute atomic E-state index is 0.108. The summed E-state index contributed by atoms with van der Waals surface area (Å²) < 4.78 is 14.4. The third-order valence-electron chi connectivity index (χ3n) is 5.25. The summed E-state index contributed by atoms with van der Waals surface area (Å²) in [5, 5.41) is 3.17. The SMILES string of the molecule is COCCOC1CCC(NC(=O)c2cc(-n3ccnc3)nc(-n3ccnc3)c2)CC1. The summed E-state index contributed by atoms with van der Waals surface area (Å²) in [6, 6.07) is 3.69. The van der Waals surface area contributed by atoms with Gasteiger partial charge in [0.2, 0.25) is 0 Å². The van der Waals surface area contributed by atoms with Crippen molar-refractivity contribution in [3.05, 3.63) is 55.1 Å². The summed E-state index contributed by atoms with van der Waals surface area (Å²) in [5.74, 6) is 1.14. The van der Waals surface area contributed by atoms with Crippen molar-refractivity contribution < 1.29 is 14.3 Å². The third kappa shape index (κ3) is 4.92. The number of nitrogens with one attached hydrogen (secondary N) is 1. The van der Waals surface area contributed by atoms with Gasteiger partial charge in [-0.2, -0.15) is 0 Å². The number of nitrogens with zero attached hydrogens (tertiary/aromatic N) is 5. The first-order valence-corrected chi connectivity index (χ1v) is 10.1. The van der Waals surface area contributed by atoms with Crippen LogP contribution in [-0.2, 0) is 9.47 Å². The molecule has 0 spiro atoms. The second kappa shape index (κ2) is 9.64. The van der Waals surface area contributed by atoms with Gasteiger partial charge >= 0.3 is 0 Å². The summed E-state index contributed by atoms with van der Waals surface area (Å²) in [4.78, 5) is 25.8. The van der Waals surface area contributed by atoms with Crippen molar-refractivity contribution in [3.8, 4) is 11.6 Å². The summed E-state index contributed by atoms with van der Waals surface area (Å²) in [7, 11) is 1.67. The average Bonchev–Trinajstić information content (AvgIpc) is 3.49. The number of amides is 1. The molecule has 0 aromatic carbocycles. The lowest BCUT2D eigenvalue weighted by molar-refractivity contribution is -0.00408. The molecule has 3 aromatic rings. The molecule has 0 saturated heterocycles. The molecule has 30 heavy (non-hydrogen) atoms. The summed E-state index contributed by atoms with van der Waals surface area (Å²) in [5.41, 5.74) is 0.552. The summed E-state index contributed by atoms with van der Waals surface area (Å²) >= 11 is 0. The molecule has 158 valence electrons. The molecule has 0 radical (unpaired) electrons. The van der Waals surface area contributed by atoms with E-state index in [1.165, 1.54) is 0 Å². The van der Waals surface area contributed by atoms with Crippen molar-refractivity contribution in [2.24, 2.45) is 0 Å². The van der Waals surface area contributed by atoms with Gasteiger partial charge in [-0.3, -0.25) is 13.9 Å². The molecule has 4 rings (SSSR count). The van der Waals surface area contributed by atoms with E-state index in [4.69, 9.17) is 9.47 Å². The van der Waals surface area contributed by atoms with Crippen molar-refractivity contribution in [2.75, 3.05) is 20.3 Å². The van der Waals surface area contributed by atoms with Gasteiger partial charge in [0.05, 0.1) is 19.3 Å². The van der Waals surface area contributed by atoms with Gasteiger partial charge in [0.1, 0.15) is 24.3 Å². The second-order valence-electron chi connectivity index (χ2n) is 7.32. The highest BCUT2D eigenvalue weighted by Crippen LogP contribution is 2.22. The zero-order valence-electron chi connectivity index (χ0n) is 17.0. The van der Waals surface area contributed by atoms with Crippen molar-refractivity contribution in [2.45, 2.75) is 37.8 Å². The predicted molar refractivity (Wildman–Crippen MR) is 110 cm³/mol. The van der Waals surface area contributed by atoms with Crippen LogP contribution < -0.4 is 5.32 Å². The van der Waals surface area contributed by atoms with Crippen LogP contribution in [0.3, 0.4) is 0 Å². The number of aromatic nitrogens is 5. The fraction of sp³-hybridized carbons (Fsp3) is 0.429. The Labute approximate surface area is 175 Å². The summed E-state index contributed by atoms with van der Waals surface area (Å²) in [6.45, 7) is 1.22. The fourth-order valence-corrected chi connectivity index (χ4v) is 3.63. The van der Waals surface area contributed by atoms with E-state index in [1.807, 2.05) is 0 Å². The number of hydrogen-bond acceptors (Lipinski definition) is 6. The van der Waals surface area contributed by atoms with Crippen LogP contribution in [0.2, 0.25) is 0 Å². The normalized spacial score (nSPS) is 19.0. The summed E-state index contributed by atoms with van der Waals surface area (Å²) in [6.07, 6.45) is 14.2. The van der Waals surface area contributed by atoms with E-state index in [0.717, 1.165) is 25.7 Å². The van der Waals surface area contributed by atoms with Gasteiger partial charge in [0.15, 0.2) is 0 Å². The molecule has 0 bridgehead atoms. The lowest BCUT2D eigenvalue weighted by Gasteiger charge is -2.29. The van der Waals surface area contributed by atoms with Crippen LogP contribution in [0.5, 0.6) is 0 Å². The second-order valence-corrected chi connectivity index (χ2v) is 7.32. The van der Waals surface area contributed by atoms with E-state index in [-0.39, 0.29) is 18.1 Å². The van der Waals surface area contributed by atoms with Crippen molar-refractivity contribution in [1.29, 1.82) is 0 Å². The van der Waals surface area contributed by atoms with Crippen molar-refractivity contribution in [1.82, 2.24) is 29.4 Å². The molecule has 9 nitrogen and oxygen atoms in total. The van der Waals surface area contributed by atoms with Gasteiger partial charge in [0.25, 0.3) is 5.91 Å². The third-order valence-corrected chi connectivity index (χ3v) is 5.25. The number of carbonyl (C=O) groups excluding carboxylic acids is 1. The van der Waals surface area contributed by atoms with Crippen LogP contribution in [0.4, 0.5) is 0 Å². The van der Waals surface area contributed by atoms with Gasteiger partial charge < -0.3 is 14.8 Å². The molecule has 0 atom stereocenters. The smallest absolute Gasteiger partial charge is 0.251 e. The van der Waals surface area contributed by atoms with Crippen molar-refractivity contribution >= 4 is 5.91 Å². The Kier molecular flexibility index (Phi) is 6.50. The van der Waals surface area contributed by atoms with Gasteiger partial charge in [-0.25, -0.2) is 15.0 Å². The highest BCUT2D eigenvalue weighted by atomic mass is 16.5. The standard InChI is InChI=1S/C21H26N6O3/c1-29-10-11-30-18-4-2-17(3-5-18)24-21(28)16-12-19(26-8-6-22-14-26)25-20(13-16)27-9-7-23-15-27/h6-9,12-15,17-18H,2-5,10-11H2,1H3,(H,24,28). The van der Waals surface area contributed by atoms with E-state index in [0.29, 0.717) is 30.4 Å². The largest absolute Gasteiger partial charge is 0.382 e. The molecule has 1 N–H and O–H groups in total. The number of rotatable bonds is 8. The van der Waals surface area contributed by atoms with Crippen LogP contribution >= 0.6 is 0 Å². The molecule has 1 aliphatic rings. The highest BCUT2D eigenvalue weighted by Gasteiger charge is 2.23. The molecule has 9 heteroatoms. The van der Waals surface area contributed by atoms with Gasteiger partial charge in [-0.1, -0.05) is 0 Å². The number of carbonyl (C=O) groups is 1. The predicted octanol–water partition coefficient (Wildman–Crippen LogP) is 2.16. The number of imidazole rings is 2. The lowest BCUT2D eigenvalue weighted by Crippen LogP contribution is -2.39. The van der Waals surface area contributed by atoms with Crippen LogP contribution in [0.1, 0.15) is 36.0 Å². The molecule has 1 amide bonds. The molecule has 1 saturated carbocycles. The molecule has 3 aromatic heterocycles. The highest BCUT2D eigenvalue weighted by molar-refractivity contribution is 5.95. The zero-order chi connectivity index (χ0) is 20.8.